The molecule has 0 aliphatic heterocycles. The van der Waals surface area contributed by atoms with Gasteiger partial charge in [-0.1, -0.05) is 77.4 Å². The molecule has 0 saturated heterocycles. The van der Waals surface area contributed by atoms with E-state index in [9.17, 15) is 0 Å². The minimum absolute atomic E-state index is 0.444. The molecule has 0 amide bonds. The average molecular weight is 282 g/mol. The van der Waals surface area contributed by atoms with Crippen molar-refractivity contribution in [1.82, 2.24) is 0 Å². The zero-order valence-corrected chi connectivity index (χ0v) is 14.0. The number of ether oxygens (including phenoxy) is 1. The second-order valence-corrected chi connectivity index (χ2v) is 5.69. The highest BCUT2D eigenvalue weighted by Gasteiger charge is 2.05. The topological polar surface area (TPSA) is 9.23 Å². The van der Waals surface area contributed by atoms with Crippen LogP contribution in [0, 0.1) is 6.92 Å². The molecule has 0 aromatic rings. The first-order valence-electron chi connectivity index (χ1n) is 8.90. The molecule has 0 aromatic heterocycles. The lowest BCUT2D eigenvalue weighted by Crippen LogP contribution is -2.11. The molecule has 0 aromatic carbocycles. The molecule has 0 fully saturated rings. The van der Waals surface area contributed by atoms with Gasteiger partial charge >= 0.3 is 0 Å². The van der Waals surface area contributed by atoms with E-state index in [1.165, 1.54) is 64.2 Å². The van der Waals surface area contributed by atoms with Gasteiger partial charge in [-0.05, 0) is 32.6 Å². The van der Waals surface area contributed by atoms with Gasteiger partial charge < -0.3 is 4.74 Å². The van der Waals surface area contributed by atoms with E-state index >= 15 is 0 Å². The molecule has 0 aliphatic carbocycles. The maximum atomic E-state index is 5.82. The SMILES string of the molecule is [CH2]CCCCCCC=CCC(CCCCCC)OCC. The Balaban J connectivity index is 3.56. The molecule has 0 N–H and O–H groups in total. The first-order chi connectivity index (χ1) is 9.85. The number of hydrogen-bond donors (Lipinski definition) is 0. The molecule has 1 heteroatoms. The first-order valence-corrected chi connectivity index (χ1v) is 8.90. The van der Waals surface area contributed by atoms with Crippen LogP contribution in [0.5, 0.6) is 0 Å². The van der Waals surface area contributed by atoms with Crippen LogP contribution < -0.4 is 0 Å². The van der Waals surface area contributed by atoms with Crippen molar-refractivity contribution < 1.29 is 4.74 Å². The standard InChI is InChI=1S/C19H37O/c1-4-7-9-11-12-13-14-16-18-19(20-6-3)17-15-10-8-5-2/h14,16,19H,1,4-13,15,17-18H2,2-3H3. The summed E-state index contributed by atoms with van der Waals surface area (Å²) in [7, 11) is 0. The fourth-order valence-electron chi connectivity index (χ4n) is 2.46. The summed E-state index contributed by atoms with van der Waals surface area (Å²) in [5.74, 6) is 0. The largest absolute Gasteiger partial charge is 0.378 e. The number of unbranched alkanes of at least 4 members (excludes halogenated alkanes) is 8. The van der Waals surface area contributed by atoms with Crippen molar-refractivity contribution in [2.75, 3.05) is 6.61 Å². The summed E-state index contributed by atoms with van der Waals surface area (Å²) in [5, 5.41) is 0. The van der Waals surface area contributed by atoms with Gasteiger partial charge in [-0.2, -0.15) is 0 Å². The Morgan fingerprint density at radius 2 is 1.65 bits per heavy atom. The average Bonchev–Trinajstić information content (AvgIpc) is 2.46. The quantitative estimate of drug-likeness (QED) is 0.246. The number of allylic oxidation sites excluding steroid dienone is 1. The Morgan fingerprint density at radius 1 is 0.900 bits per heavy atom. The van der Waals surface area contributed by atoms with Crippen LogP contribution in [0.4, 0.5) is 0 Å². The van der Waals surface area contributed by atoms with E-state index < -0.39 is 0 Å². The fourth-order valence-corrected chi connectivity index (χ4v) is 2.46. The van der Waals surface area contributed by atoms with Gasteiger partial charge in [-0.3, -0.25) is 0 Å². The van der Waals surface area contributed by atoms with Crippen LogP contribution in [0.1, 0.15) is 90.9 Å². The van der Waals surface area contributed by atoms with E-state index in [1.807, 2.05) is 0 Å². The Hall–Kier alpha value is -0.300. The first kappa shape index (κ1) is 19.7. The molecular formula is C19H37O. The predicted molar refractivity (Wildman–Crippen MR) is 91.0 cm³/mol. The van der Waals surface area contributed by atoms with Crippen molar-refractivity contribution in [3.8, 4) is 0 Å². The fraction of sp³-hybridized carbons (Fsp3) is 0.842. The summed E-state index contributed by atoms with van der Waals surface area (Å²) in [6.07, 6.45) is 20.4. The molecule has 0 aliphatic rings. The summed E-state index contributed by atoms with van der Waals surface area (Å²) >= 11 is 0. The Morgan fingerprint density at radius 3 is 2.35 bits per heavy atom. The maximum absolute atomic E-state index is 5.82. The van der Waals surface area contributed by atoms with Crippen molar-refractivity contribution in [1.29, 1.82) is 0 Å². The second kappa shape index (κ2) is 16.8. The van der Waals surface area contributed by atoms with E-state index in [2.05, 4.69) is 32.9 Å². The van der Waals surface area contributed by atoms with Crippen LogP contribution in [0.25, 0.3) is 0 Å². The van der Waals surface area contributed by atoms with Gasteiger partial charge in [-0.25, -0.2) is 0 Å². The lowest BCUT2D eigenvalue weighted by molar-refractivity contribution is 0.0570. The molecule has 0 rings (SSSR count). The van der Waals surface area contributed by atoms with Crippen LogP contribution in [0.15, 0.2) is 12.2 Å². The highest BCUT2D eigenvalue weighted by atomic mass is 16.5. The van der Waals surface area contributed by atoms with E-state index in [1.54, 1.807) is 0 Å². The van der Waals surface area contributed by atoms with Crippen LogP contribution in [0.3, 0.4) is 0 Å². The third-order valence-corrected chi connectivity index (χ3v) is 3.72. The van der Waals surface area contributed by atoms with Gasteiger partial charge in [-0.15, -0.1) is 0 Å². The van der Waals surface area contributed by atoms with Crippen LogP contribution in [-0.2, 0) is 4.74 Å². The maximum Gasteiger partial charge on any atom is 0.0609 e. The third-order valence-electron chi connectivity index (χ3n) is 3.72. The van der Waals surface area contributed by atoms with Crippen LogP contribution in [-0.4, -0.2) is 12.7 Å². The van der Waals surface area contributed by atoms with Gasteiger partial charge in [0.15, 0.2) is 0 Å². The molecule has 0 spiro atoms. The summed E-state index contributed by atoms with van der Waals surface area (Å²) in [4.78, 5) is 0. The Labute approximate surface area is 128 Å². The summed E-state index contributed by atoms with van der Waals surface area (Å²) in [6.45, 7) is 9.09. The highest BCUT2D eigenvalue weighted by molar-refractivity contribution is 4.84. The molecule has 119 valence electrons. The number of rotatable bonds is 15. The Kier molecular flexibility index (Phi) is 16.5. The molecule has 1 radical (unpaired) electrons. The summed E-state index contributed by atoms with van der Waals surface area (Å²) in [5.41, 5.74) is 0. The van der Waals surface area contributed by atoms with Crippen LogP contribution >= 0.6 is 0 Å². The predicted octanol–water partition coefficient (Wildman–Crippen LogP) is 6.48. The molecule has 20 heavy (non-hydrogen) atoms. The van der Waals surface area contributed by atoms with Gasteiger partial charge in [0.25, 0.3) is 0 Å². The van der Waals surface area contributed by atoms with Gasteiger partial charge in [0.2, 0.25) is 0 Å². The smallest absolute Gasteiger partial charge is 0.0609 e. The molecular weight excluding hydrogens is 244 g/mol. The second-order valence-electron chi connectivity index (χ2n) is 5.69. The van der Waals surface area contributed by atoms with E-state index in [0.29, 0.717) is 6.10 Å². The highest BCUT2D eigenvalue weighted by Crippen LogP contribution is 2.12. The summed E-state index contributed by atoms with van der Waals surface area (Å²) < 4.78 is 5.82. The molecule has 0 saturated carbocycles. The summed E-state index contributed by atoms with van der Waals surface area (Å²) in [6, 6.07) is 0. The van der Waals surface area contributed by atoms with Crippen molar-refractivity contribution in [2.45, 2.75) is 97.0 Å². The van der Waals surface area contributed by atoms with Crippen molar-refractivity contribution >= 4 is 0 Å². The normalized spacial score (nSPS) is 13.2. The van der Waals surface area contributed by atoms with Gasteiger partial charge in [0.1, 0.15) is 0 Å². The molecule has 0 bridgehead atoms. The lowest BCUT2D eigenvalue weighted by Gasteiger charge is -2.14. The van der Waals surface area contributed by atoms with E-state index in [4.69, 9.17) is 4.74 Å². The van der Waals surface area contributed by atoms with E-state index in [0.717, 1.165) is 19.4 Å². The van der Waals surface area contributed by atoms with Crippen molar-refractivity contribution in [2.24, 2.45) is 0 Å². The molecule has 1 nitrogen and oxygen atoms in total. The van der Waals surface area contributed by atoms with Crippen molar-refractivity contribution in [3.05, 3.63) is 19.1 Å². The minimum Gasteiger partial charge on any atom is -0.378 e. The number of hydrogen-bond acceptors (Lipinski definition) is 1. The van der Waals surface area contributed by atoms with Crippen molar-refractivity contribution in [3.63, 3.8) is 0 Å². The van der Waals surface area contributed by atoms with E-state index in [-0.39, 0.29) is 0 Å². The van der Waals surface area contributed by atoms with Crippen LogP contribution in [0.2, 0.25) is 0 Å². The monoisotopic (exact) mass is 281 g/mol. The molecule has 1 atom stereocenters. The zero-order chi connectivity index (χ0) is 14.9. The Bertz CT molecular complexity index is 198. The lowest BCUT2D eigenvalue weighted by atomic mass is 10.1. The molecule has 0 heterocycles. The molecule has 1 unspecified atom stereocenters. The minimum atomic E-state index is 0.444. The van der Waals surface area contributed by atoms with Gasteiger partial charge in [0.05, 0.1) is 6.10 Å². The third kappa shape index (κ3) is 14.1. The van der Waals surface area contributed by atoms with Gasteiger partial charge in [0, 0.05) is 6.61 Å². The zero-order valence-electron chi connectivity index (χ0n) is 14.0.